The molecule has 4 aromatic rings. The Morgan fingerprint density at radius 3 is 2.65 bits per heavy atom. The molecule has 1 N–H and O–H groups in total. The van der Waals surface area contributed by atoms with Crippen molar-refractivity contribution in [2.75, 3.05) is 0 Å². The second-order valence-corrected chi connectivity index (χ2v) is 7.61. The summed E-state index contributed by atoms with van der Waals surface area (Å²) in [5, 5.41) is 11.2. The first-order chi connectivity index (χ1) is 12.7. The number of hydrogen-bond donors (Lipinski definition) is 1. The summed E-state index contributed by atoms with van der Waals surface area (Å²) in [5.41, 5.74) is 2.88. The number of halogens is 1. The Bertz CT molecular complexity index is 1040. The van der Waals surface area contributed by atoms with Crippen LogP contribution in [0.2, 0.25) is 0 Å². The number of aromatic nitrogens is 4. The number of hydrogen-bond acceptors (Lipinski definition) is 3. The van der Waals surface area contributed by atoms with Crippen molar-refractivity contribution in [3.05, 3.63) is 60.5 Å². The van der Waals surface area contributed by atoms with Gasteiger partial charge in [-0.3, -0.25) is 4.57 Å². The van der Waals surface area contributed by atoms with Crippen LogP contribution in [0.3, 0.4) is 0 Å². The molecule has 0 aliphatic carbocycles. The van der Waals surface area contributed by atoms with E-state index in [0.717, 1.165) is 39.6 Å². The molecular weight excluding hydrogens is 347 g/mol. The van der Waals surface area contributed by atoms with Crippen molar-refractivity contribution in [1.29, 1.82) is 0 Å². The maximum Gasteiger partial charge on any atom is 0.196 e. The second kappa shape index (κ2) is 6.96. The van der Waals surface area contributed by atoms with Crippen molar-refractivity contribution < 1.29 is 4.39 Å². The smallest absolute Gasteiger partial charge is 0.196 e. The summed E-state index contributed by atoms with van der Waals surface area (Å²) >= 11 is 1.68. The number of nitrogens with zero attached hydrogens (tertiary/aromatic N) is 3. The van der Waals surface area contributed by atoms with Gasteiger partial charge in [-0.15, -0.1) is 10.2 Å². The fourth-order valence-corrected chi connectivity index (χ4v) is 3.78. The fraction of sp³-hybridized carbons (Fsp3) is 0.200. The molecule has 0 saturated heterocycles. The lowest BCUT2D eigenvalue weighted by atomic mass is 10.1. The van der Waals surface area contributed by atoms with Gasteiger partial charge in [0.25, 0.3) is 0 Å². The highest BCUT2D eigenvalue weighted by Gasteiger charge is 2.20. The van der Waals surface area contributed by atoms with E-state index in [1.165, 1.54) is 12.1 Å². The molecule has 0 aliphatic heterocycles. The molecule has 2 aromatic carbocycles. The highest BCUT2D eigenvalue weighted by atomic mass is 32.2. The zero-order valence-electron chi connectivity index (χ0n) is 14.6. The minimum Gasteiger partial charge on any atom is -0.360 e. The zero-order chi connectivity index (χ0) is 18.1. The zero-order valence-corrected chi connectivity index (χ0v) is 15.4. The van der Waals surface area contributed by atoms with Crippen LogP contribution in [0.4, 0.5) is 4.39 Å². The summed E-state index contributed by atoms with van der Waals surface area (Å²) in [7, 11) is 0. The molecule has 0 amide bonds. The maximum atomic E-state index is 13.4. The Balaban J connectivity index is 1.90. The minimum atomic E-state index is -0.258. The molecule has 0 radical (unpaired) electrons. The molecular formula is C20H19FN4S. The lowest BCUT2D eigenvalue weighted by Gasteiger charge is -2.12. The van der Waals surface area contributed by atoms with Crippen molar-refractivity contribution in [2.45, 2.75) is 30.7 Å². The quantitative estimate of drug-likeness (QED) is 0.478. The van der Waals surface area contributed by atoms with Gasteiger partial charge in [0.2, 0.25) is 0 Å². The molecule has 0 saturated carbocycles. The average molecular weight is 366 g/mol. The summed E-state index contributed by atoms with van der Waals surface area (Å²) in [6.45, 7) is 4.32. The first-order valence-electron chi connectivity index (χ1n) is 8.62. The van der Waals surface area contributed by atoms with Crippen LogP contribution in [-0.2, 0) is 0 Å². The van der Waals surface area contributed by atoms with E-state index in [4.69, 9.17) is 0 Å². The molecule has 2 aromatic heterocycles. The SMILES string of the molecule is CC[C@H](C)Sc1nnc(-c2c[nH]c3ccccc23)n1-c1ccc(F)cc1. The Morgan fingerprint density at radius 2 is 1.88 bits per heavy atom. The van der Waals surface area contributed by atoms with Gasteiger partial charge in [-0.05, 0) is 36.8 Å². The molecule has 4 rings (SSSR count). The third-order valence-electron chi connectivity index (χ3n) is 4.43. The van der Waals surface area contributed by atoms with Crippen LogP contribution in [0.15, 0.2) is 59.9 Å². The highest BCUT2D eigenvalue weighted by Crippen LogP contribution is 2.34. The van der Waals surface area contributed by atoms with Gasteiger partial charge < -0.3 is 4.98 Å². The lowest BCUT2D eigenvalue weighted by Crippen LogP contribution is -2.02. The van der Waals surface area contributed by atoms with Crippen LogP contribution in [0.5, 0.6) is 0 Å². The van der Waals surface area contributed by atoms with E-state index >= 15 is 0 Å². The van der Waals surface area contributed by atoms with E-state index in [1.54, 1.807) is 23.9 Å². The van der Waals surface area contributed by atoms with Crippen molar-refractivity contribution in [3.8, 4) is 17.1 Å². The number of H-pyrrole nitrogens is 1. The molecule has 26 heavy (non-hydrogen) atoms. The Hall–Kier alpha value is -2.60. The predicted octanol–water partition coefficient (Wildman–Crippen LogP) is 5.45. The molecule has 0 fully saturated rings. The molecule has 6 heteroatoms. The first kappa shape index (κ1) is 16.8. The number of para-hydroxylation sites is 1. The van der Waals surface area contributed by atoms with Gasteiger partial charge >= 0.3 is 0 Å². The number of aromatic amines is 1. The van der Waals surface area contributed by atoms with Gasteiger partial charge in [0.1, 0.15) is 5.82 Å². The second-order valence-electron chi connectivity index (χ2n) is 6.20. The Kier molecular flexibility index (Phi) is 4.51. The van der Waals surface area contributed by atoms with E-state index in [9.17, 15) is 4.39 Å². The molecule has 4 nitrogen and oxygen atoms in total. The predicted molar refractivity (Wildman–Crippen MR) is 104 cm³/mol. The third-order valence-corrected chi connectivity index (χ3v) is 5.64. The Morgan fingerprint density at radius 1 is 1.12 bits per heavy atom. The number of fused-ring (bicyclic) bond motifs is 1. The van der Waals surface area contributed by atoms with Gasteiger partial charge in [0, 0.05) is 33.6 Å². The Labute approximate surface area is 155 Å². The summed E-state index contributed by atoms with van der Waals surface area (Å²) in [6, 6.07) is 14.6. The van der Waals surface area contributed by atoms with Crippen LogP contribution < -0.4 is 0 Å². The first-order valence-corrected chi connectivity index (χ1v) is 9.50. The third kappa shape index (κ3) is 3.01. The summed E-state index contributed by atoms with van der Waals surface area (Å²) in [5.74, 6) is 0.492. The van der Waals surface area contributed by atoms with Crippen molar-refractivity contribution in [3.63, 3.8) is 0 Å². The number of benzene rings is 2. The van der Waals surface area contributed by atoms with Crippen molar-refractivity contribution in [2.24, 2.45) is 0 Å². The monoisotopic (exact) mass is 366 g/mol. The topological polar surface area (TPSA) is 46.5 Å². The standard InChI is InChI=1S/C20H19FN4S/c1-3-13(2)26-20-24-23-19(25(20)15-10-8-14(21)9-11-15)17-12-22-18-7-5-4-6-16(17)18/h4-13,22H,3H2,1-2H3/t13-/m0/s1. The van der Waals surface area contributed by atoms with E-state index in [-0.39, 0.29) is 5.82 Å². The van der Waals surface area contributed by atoms with Crippen molar-refractivity contribution in [1.82, 2.24) is 19.7 Å². The summed E-state index contributed by atoms with van der Waals surface area (Å²) < 4.78 is 15.4. The maximum absolute atomic E-state index is 13.4. The van der Waals surface area contributed by atoms with Crippen LogP contribution in [0.25, 0.3) is 28.0 Å². The van der Waals surface area contributed by atoms with Crippen LogP contribution in [0, 0.1) is 5.82 Å². The van der Waals surface area contributed by atoms with E-state index < -0.39 is 0 Å². The number of nitrogens with one attached hydrogen (secondary N) is 1. The molecule has 0 unspecified atom stereocenters. The van der Waals surface area contributed by atoms with Crippen LogP contribution in [0.1, 0.15) is 20.3 Å². The van der Waals surface area contributed by atoms with E-state index in [1.807, 2.05) is 29.0 Å². The summed E-state index contributed by atoms with van der Waals surface area (Å²) in [4.78, 5) is 3.29. The van der Waals surface area contributed by atoms with Gasteiger partial charge in [-0.25, -0.2) is 4.39 Å². The molecule has 0 bridgehead atoms. The largest absolute Gasteiger partial charge is 0.360 e. The van der Waals surface area contributed by atoms with Crippen LogP contribution >= 0.6 is 11.8 Å². The normalized spacial score (nSPS) is 12.6. The minimum absolute atomic E-state index is 0.258. The lowest BCUT2D eigenvalue weighted by molar-refractivity contribution is 0.627. The summed E-state index contributed by atoms with van der Waals surface area (Å²) in [6.07, 6.45) is 2.98. The van der Waals surface area contributed by atoms with Gasteiger partial charge in [0.05, 0.1) is 0 Å². The van der Waals surface area contributed by atoms with E-state index in [2.05, 4.69) is 35.1 Å². The molecule has 2 heterocycles. The molecule has 132 valence electrons. The van der Waals surface area contributed by atoms with Gasteiger partial charge in [-0.2, -0.15) is 0 Å². The van der Waals surface area contributed by atoms with Crippen molar-refractivity contribution >= 4 is 22.7 Å². The number of rotatable bonds is 5. The molecule has 1 atom stereocenters. The van der Waals surface area contributed by atoms with Crippen LogP contribution in [-0.4, -0.2) is 25.0 Å². The molecule has 0 aliphatic rings. The molecule has 0 spiro atoms. The van der Waals surface area contributed by atoms with Gasteiger partial charge in [-0.1, -0.05) is 43.8 Å². The fourth-order valence-electron chi connectivity index (χ4n) is 2.86. The number of thioether (sulfide) groups is 1. The average Bonchev–Trinajstić information content (AvgIpc) is 3.26. The van der Waals surface area contributed by atoms with Gasteiger partial charge in [0.15, 0.2) is 11.0 Å². The van der Waals surface area contributed by atoms with E-state index in [0.29, 0.717) is 5.25 Å². The highest BCUT2D eigenvalue weighted by molar-refractivity contribution is 7.99.